The van der Waals surface area contributed by atoms with E-state index in [1.54, 1.807) is 12.3 Å². The Morgan fingerprint density at radius 3 is 2.80 bits per heavy atom. The minimum Gasteiger partial charge on any atom is -0.405 e. The number of halogens is 1. The van der Waals surface area contributed by atoms with E-state index in [9.17, 15) is 0 Å². The van der Waals surface area contributed by atoms with Gasteiger partial charge in [0.15, 0.2) is 0 Å². The van der Waals surface area contributed by atoms with E-state index in [4.69, 9.17) is 5.73 Å². The molecular weight excluding hydrogens is 192 g/mol. The van der Waals surface area contributed by atoms with Crippen molar-refractivity contribution in [3.63, 3.8) is 0 Å². The fourth-order valence-electron chi connectivity index (χ4n) is 0.597. The van der Waals surface area contributed by atoms with Crippen LogP contribution in [0.5, 0.6) is 0 Å². The minimum absolute atomic E-state index is 0.835. The molecule has 0 saturated heterocycles. The third kappa shape index (κ3) is 1.84. The standard InChI is InChI=1S/C7H7BrN2/c8-7-2-1-6(3-4-9)5-10-7/h1-5H,9H2/b4-3-. The molecule has 0 atom stereocenters. The van der Waals surface area contributed by atoms with Crippen LogP contribution < -0.4 is 5.73 Å². The smallest absolute Gasteiger partial charge is 0.106 e. The lowest BCUT2D eigenvalue weighted by atomic mass is 10.3. The van der Waals surface area contributed by atoms with Gasteiger partial charge in [-0.1, -0.05) is 6.07 Å². The largest absolute Gasteiger partial charge is 0.405 e. The van der Waals surface area contributed by atoms with Gasteiger partial charge >= 0.3 is 0 Å². The summed E-state index contributed by atoms with van der Waals surface area (Å²) in [6, 6.07) is 3.80. The molecule has 0 aliphatic carbocycles. The molecule has 1 aromatic heterocycles. The summed E-state index contributed by atoms with van der Waals surface area (Å²) in [5, 5.41) is 0. The first-order chi connectivity index (χ1) is 4.83. The van der Waals surface area contributed by atoms with Crippen molar-refractivity contribution in [2.75, 3.05) is 0 Å². The molecule has 2 N–H and O–H groups in total. The van der Waals surface area contributed by atoms with E-state index >= 15 is 0 Å². The first-order valence-electron chi connectivity index (χ1n) is 2.83. The first-order valence-corrected chi connectivity index (χ1v) is 3.62. The van der Waals surface area contributed by atoms with E-state index in [-0.39, 0.29) is 0 Å². The van der Waals surface area contributed by atoms with Gasteiger partial charge in [-0.2, -0.15) is 0 Å². The molecule has 0 radical (unpaired) electrons. The number of hydrogen-bond donors (Lipinski definition) is 1. The highest BCUT2D eigenvalue weighted by molar-refractivity contribution is 9.10. The summed E-state index contributed by atoms with van der Waals surface area (Å²) in [4.78, 5) is 4.01. The van der Waals surface area contributed by atoms with Crippen LogP contribution in [0.4, 0.5) is 0 Å². The van der Waals surface area contributed by atoms with Gasteiger partial charge < -0.3 is 5.73 Å². The molecule has 1 rings (SSSR count). The molecule has 0 aliphatic heterocycles. The van der Waals surface area contributed by atoms with Gasteiger partial charge in [0, 0.05) is 6.20 Å². The molecule has 2 nitrogen and oxygen atoms in total. The van der Waals surface area contributed by atoms with Crippen LogP contribution in [-0.4, -0.2) is 4.98 Å². The number of hydrogen-bond acceptors (Lipinski definition) is 2. The van der Waals surface area contributed by atoms with Crippen LogP contribution in [0.25, 0.3) is 6.08 Å². The second kappa shape index (κ2) is 3.37. The van der Waals surface area contributed by atoms with Crippen LogP contribution in [0, 0.1) is 0 Å². The Morgan fingerprint density at radius 2 is 2.30 bits per heavy atom. The van der Waals surface area contributed by atoms with Gasteiger partial charge in [0.05, 0.1) is 0 Å². The molecule has 1 aromatic rings. The molecular formula is C7H7BrN2. The third-order valence-corrected chi connectivity index (χ3v) is 1.51. The molecule has 1 heterocycles. The predicted molar refractivity (Wildman–Crippen MR) is 45.2 cm³/mol. The average Bonchev–Trinajstić information content (AvgIpc) is 1.95. The maximum Gasteiger partial charge on any atom is 0.106 e. The van der Waals surface area contributed by atoms with Crippen molar-refractivity contribution < 1.29 is 0 Å². The summed E-state index contributed by atoms with van der Waals surface area (Å²) in [6.07, 6.45) is 5.03. The van der Waals surface area contributed by atoms with Crippen molar-refractivity contribution in [2.24, 2.45) is 5.73 Å². The SMILES string of the molecule is N/C=C\c1ccc(Br)nc1. The zero-order valence-corrected chi connectivity index (χ0v) is 6.88. The molecule has 0 spiro atoms. The highest BCUT2D eigenvalue weighted by Gasteiger charge is 1.86. The van der Waals surface area contributed by atoms with Gasteiger partial charge in [-0.15, -0.1) is 0 Å². The van der Waals surface area contributed by atoms with Crippen molar-refractivity contribution in [3.05, 3.63) is 34.7 Å². The lowest BCUT2D eigenvalue weighted by molar-refractivity contribution is 1.27. The topological polar surface area (TPSA) is 38.9 Å². The quantitative estimate of drug-likeness (QED) is 0.700. The first kappa shape index (κ1) is 7.28. The number of nitrogens with zero attached hydrogens (tertiary/aromatic N) is 1. The average molecular weight is 199 g/mol. The van der Waals surface area contributed by atoms with Gasteiger partial charge in [-0.25, -0.2) is 4.98 Å². The minimum atomic E-state index is 0.835. The number of aromatic nitrogens is 1. The molecule has 0 fully saturated rings. The summed E-state index contributed by atoms with van der Waals surface area (Å²) in [7, 11) is 0. The lowest BCUT2D eigenvalue weighted by Gasteiger charge is -1.90. The van der Waals surface area contributed by atoms with Crippen molar-refractivity contribution in [2.45, 2.75) is 0 Å². The maximum absolute atomic E-state index is 5.18. The Labute approximate surface area is 67.9 Å². The molecule has 0 bridgehead atoms. The van der Waals surface area contributed by atoms with Gasteiger partial charge in [-0.05, 0) is 39.8 Å². The summed E-state index contributed by atoms with van der Waals surface area (Å²) >= 11 is 3.23. The number of pyridine rings is 1. The molecule has 10 heavy (non-hydrogen) atoms. The zero-order valence-electron chi connectivity index (χ0n) is 5.29. The van der Waals surface area contributed by atoms with Crippen molar-refractivity contribution in [1.82, 2.24) is 4.98 Å². The van der Waals surface area contributed by atoms with Crippen LogP contribution >= 0.6 is 15.9 Å². The zero-order chi connectivity index (χ0) is 7.40. The van der Waals surface area contributed by atoms with E-state index in [0.29, 0.717) is 0 Å². The Balaban J connectivity index is 2.89. The predicted octanol–water partition coefficient (Wildman–Crippen LogP) is 1.77. The molecule has 52 valence electrons. The summed E-state index contributed by atoms with van der Waals surface area (Å²) in [6.45, 7) is 0. The van der Waals surface area contributed by atoms with Crippen LogP contribution in [-0.2, 0) is 0 Å². The van der Waals surface area contributed by atoms with Crippen molar-refractivity contribution in [1.29, 1.82) is 0 Å². The summed E-state index contributed by atoms with van der Waals surface area (Å²) in [5.41, 5.74) is 6.18. The Hall–Kier alpha value is -0.830. The Morgan fingerprint density at radius 1 is 1.50 bits per heavy atom. The van der Waals surface area contributed by atoms with Gasteiger partial charge in [0.2, 0.25) is 0 Å². The van der Waals surface area contributed by atoms with Crippen molar-refractivity contribution in [3.8, 4) is 0 Å². The third-order valence-electron chi connectivity index (χ3n) is 1.04. The van der Waals surface area contributed by atoms with Crippen LogP contribution in [0.1, 0.15) is 5.56 Å². The molecule has 0 aliphatic rings. The summed E-state index contributed by atoms with van der Waals surface area (Å²) < 4.78 is 0.835. The Kier molecular flexibility index (Phi) is 2.45. The fraction of sp³-hybridized carbons (Fsp3) is 0. The Bertz CT molecular complexity index is 228. The number of nitrogens with two attached hydrogens (primary N) is 1. The second-order valence-electron chi connectivity index (χ2n) is 1.77. The van der Waals surface area contributed by atoms with Crippen LogP contribution in [0.15, 0.2) is 29.1 Å². The van der Waals surface area contributed by atoms with E-state index in [2.05, 4.69) is 20.9 Å². The highest BCUT2D eigenvalue weighted by atomic mass is 79.9. The molecule has 0 aromatic carbocycles. The molecule has 0 saturated carbocycles. The second-order valence-corrected chi connectivity index (χ2v) is 2.59. The molecule has 3 heteroatoms. The normalized spacial score (nSPS) is 10.5. The van der Waals surface area contributed by atoms with Crippen LogP contribution in [0.3, 0.4) is 0 Å². The van der Waals surface area contributed by atoms with Gasteiger partial charge in [0.25, 0.3) is 0 Å². The summed E-state index contributed by atoms with van der Waals surface area (Å²) in [5.74, 6) is 0. The van der Waals surface area contributed by atoms with E-state index in [1.165, 1.54) is 6.20 Å². The molecule has 0 unspecified atom stereocenters. The molecule has 0 amide bonds. The van der Waals surface area contributed by atoms with Gasteiger partial charge in [0.1, 0.15) is 4.60 Å². The van der Waals surface area contributed by atoms with Gasteiger partial charge in [-0.3, -0.25) is 0 Å². The van der Waals surface area contributed by atoms with E-state index in [0.717, 1.165) is 10.2 Å². The maximum atomic E-state index is 5.18. The van der Waals surface area contributed by atoms with Crippen molar-refractivity contribution >= 4 is 22.0 Å². The fourth-order valence-corrected chi connectivity index (χ4v) is 0.831. The monoisotopic (exact) mass is 198 g/mol. The lowest BCUT2D eigenvalue weighted by Crippen LogP contribution is -1.79. The number of rotatable bonds is 1. The van der Waals surface area contributed by atoms with E-state index in [1.807, 2.05) is 12.1 Å². The highest BCUT2D eigenvalue weighted by Crippen LogP contribution is 2.06. The van der Waals surface area contributed by atoms with E-state index < -0.39 is 0 Å². The van der Waals surface area contributed by atoms with Crippen LogP contribution in [0.2, 0.25) is 0 Å².